The molecule has 2 aromatic rings. The maximum Gasteiger partial charge on any atom is 0.0585 e. The number of aryl methyl sites for hydroxylation is 1. The van der Waals surface area contributed by atoms with Crippen LogP contribution in [0.4, 0.5) is 0 Å². The lowest BCUT2D eigenvalue weighted by Gasteiger charge is -2.19. The minimum Gasteiger partial charge on any atom is -0.309 e. The Morgan fingerprint density at radius 3 is 2.24 bits per heavy atom. The molecule has 2 heteroatoms. The molecule has 0 saturated heterocycles. The maximum atomic E-state index is 3.69. The van der Waals surface area contributed by atoms with Gasteiger partial charge in [-0.3, -0.25) is 0 Å². The number of hydrogen-bond acceptors (Lipinski definition) is 1. The lowest BCUT2D eigenvalue weighted by molar-refractivity contribution is 0.645. The Labute approximate surface area is 136 Å². The van der Waals surface area contributed by atoms with Crippen molar-refractivity contribution in [3.8, 4) is 0 Å². The highest BCUT2D eigenvalue weighted by molar-refractivity contribution is 9.10. The zero-order valence-corrected chi connectivity index (χ0v) is 14.9. The Bertz CT molecular complexity index is 587. The van der Waals surface area contributed by atoms with Crippen LogP contribution >= 0.6 is 15.9 Å². The van der Waals surface area contributed by atoms with Gasteiger partial charge in [0.15, 0.2) is 0 Å². The largest absolute Gasteiger partial charge is 0.309 e. The molecular weight excluding hydrogens is 322 g/mol. The van der Waals surface area contributed by atoms with Gasteiger partial charge in [0.2, 0.25) is 0 Å². The minimum absolute atomic E-state index is 0.216. The van der Waals surface area contributed by atoms with Crippen molar-refractivity contribution in [2.75, 3.05) is 7.05 Å². The van der Waals surface area contributed by atoms with Gasteiger partial charge in [0, 0.05) is 4.47 Å². The van der Waals surface area contributed by atoms with E-state index in [1.807, 2.05) is 7.05 Å². The molecule has 0 aromatic heterocycles. The molecule has 0 bridgehead atoms. The predicted octanol–water partition coefficient (Wildman–Crippen LogP) is 5.26. The Hall–Kier alpha value is -1.12. The zero-order valence-electron chi connectivity index (χ0n) is 13.3. The molecule has 0 saturated carbocycles. The summed E-state index contributed by atoms with van der Waals surface area (Å²) in [6, 6.07) is 15.7. The van der Waals surface area contributed by atoms with Crippen LogP contribution in [0.1, 0.15) is 42.1 Å². The highest BCUT2D eigenvalue weighted by Gasteiger charge is 2.15. The second kappa shape index (κ2) is 7.24. The molecule has 112 valence electrons. The summed E-state index contributed by atoms with van der Waals surface area (Å²) in [7, 11) is 2.01. The van der Waals surface area contributed by atoms with Crippen LogP contribution in [0, 0.1) is 12.8 Å². The maximum absolute atomic E-state index is 3.69. The summed E-state index contributed by atoms with van der Waals surface area (Å²) in [5.74, 6) is 0.696. The number of benzene rings is 2. The molecular formula is C19H24BrN. The Morgan fingerprint density at radius 1 is 1.05 bits per heavy atom. The number of halogens is 1. The average molecular weight is 346 g/mol. The van der Waals surface area contributed by atoms with E-state index in [-0.39, 0.29) is 6.04 Å². The topological polar surface area (TPSA) is 12.0 Å². The number of hydrogen-bond donors (Lipinski definition) is 1. The fourth-order valence-electron chi connectivity index (χ4n) is 2.69. The summed E-state index contributed by atoms with van der Waals surface area (Å²) in [4.78, 5) is 0. The molecule has 2 rings (SSSR count). The normalized spacial score (nSPS) is 12.7. The summed E-state index contributed by atoms with van der Waals surface area (Å²) < 4.78 is 1.16. The third-order valence-corrected chi connectivity index (χ3v) is 4.40. The summed E-state index contributed by atoms with van der Waals surface area (Å²) in [6.07, 6.45) is 1.14. The van der Waals surface area contributed by atoms with Crippen LogP contribution in [0.25, 0.3) is 0 Å². The van der Waals surface area contributed by atoms with Crippen LogP contribution in [0.3, 0.4) is 0 Å². The van der Waals surface area contributed by atoms with E-state index in [1.54, 1.807) is 0 Å². The first-order valence-electron chi connectivity index (χ1n) is 7.53. The highest BCUT2D eigenvalue weighted by atomic mass is 79.9. The van der Waals surface area contributed by atoms with E-state index in [0.717, 1.165) is 10.9 Å². The standard InChI is InChI=1S/C19H24BrN/c1-13(2)11-15-6-8-16(9-7-15)19(21-4)17-10-5-14(3)12-18(17)20/h5-10,12-13,19,21H,11H2,1-4H3. The van der Waals surface area contributed by atoms with E-state index in [1.165, 1.54) is 22.3 Å². The molecule has 21 heavy (non-hydrogen) atoms. The molecule has 1 unspecified atom stereocenters. The van der Waals surface area contributed by atoms with Crippen LogP contribution in [0.5, 0.6) is 0 Å². The Balaban J connectivity index is 2.28. The molecule has 2 aromatic carbocycles. The van der Waals surface area contributed by atoms with Gasteiger partial charge in [-0.15, -0.1) is 0 Å². The van der Waals surface area contributed by atoms with E-state index in [0.29, 0.717) is 5.92 Å². The molecule has 0 aliphatic carbocycles. The SMILES string of the molecule is CNC(c1ccc(CC(C)C)cc1)c1ccc(C)cc1Br. The van der Waals surface area contributed by atoms with Gasteiger partial charge in [-0.05, 0) is 54.6 Å². The Kier molecular flexibility index (Phi) is 5.60. The third-order valence-electron chi connectivity index (χ3n) is 3.71. The van der Waals surface area contributed by atoms with Crippen LogP contribution in [0.2, 0.25) is 0 Å². The van der Waals surface area contributed by atoms with Gasteiger partial charge >= 0.3 is 0 Å². The van der Waals surface area contributed by atoms with Crippen molar-refractivity contribution < 1.29 is 0 Å². The average Bonchev–Trinajstić information content (AvgIpc) is 2.43. The third kappa shape index (κ3) is 4.18. The van der Waals surface area contributed by atoms with Crippen LogP contribution in [-0.2, 0) is 6.42 Å². The first-order valence-corrected chi connectivity index (χ1v) is 8.32. The van der Waals surface area contributed by atoms with Gasteiger partial charge in [-0.2, -0.15) is 0 Å². The van der Waals surface area contributed by atoms with E-state index in [4.69, 9.17) is 0 Å². The summed E-state index contributed by atoms with van der Waals surface area (Å²) in [6.45, 7) is 6.63. The van der Waals surface area contributed by atoms with Crippen molar-refractivity contribution in [2.24, 2.45) is 5.92 Å². The highest BCUT2D eigenvalue weighted by Crippen LogP contribution is 2.29. The molecule has 1 nitrogen and oxygen atoms in total. The predicted molar refractivity (Wildman–Crippen MR) is 94.8 cm³/mol. The van der Waals surface area contributed by atoms with Crippen molar-refractivity contribution in [1.29, 1.82) is 0 Å². The van der Waals surface area contributed by atoms with Crippen molar-refractivity contribution in [3.05, 3.63) is 69.2 Å². The zero-order chi connectivity index (χ0) is 15.4. The number of nitrogens with one attached hydrogen (secondary N) is 1. The van der Waals surface area contributed by atoms with E-state index >= 15 is 0 Å². The van der Waals surface area contributed by atoms with Crippen LogP contribution in [0.15, 0.2) is 46.9 Å². The van der Waals surface area contributed by atoms with Gasteiger partial charge < -0.3 is 5.32 Å². The van der Waals surface area contributed by atoms with Gasteiger partial charge in [-0.25, -0.2) is 0 Å². The lowest BCUT2D eigenvalue weighted by atomic mass is 9.95. The molecule has 0 radical (unpaired) electrons. The molecule has 1 atom stereocenters. The molecule has 0 heterocycles. The van der Waals surface area contributed by atoms with Gasteiger partial charge in [0.05, 0.1) is 6.04 Å². The molecule has 1 N–H and O–H groups in total. The molecule has 0 spiro atoms. The van der Waals surface area contributed by atoms with Crippen LogP contribution < -0.4 is 5.32 Å². The minimum atomic E-state index is 0.216. The summed E-state index contributed by atoms with van der Waals surface area (Å²) in [5.41, 5.74) is 5.26. The van der Waals surface area contributed by atoms with Crippen molar-refractivity contribution in [1.82, 2.24) is 5.32 Å². The summed E-state index contributed by atoms with van der Waals surface area (Å²) in [5, 5.41) is 3.43. The monoisotopic (exact) mass is 345 g/mol. The van der Waals surface area contributed by atoms with E-state index in [9.17, 15) is 0 Å². The fourth-order valence-corrected chi connectivity index (χ4v) is 3.41. The smallest absolute Gasteiger partial charge is 0.0585 e. The first-order chi connectivity index (χ1) is 10.0. The Morgan fingerprint density at radius 2 is 1.71 bits per heavy atom. The van der Waals surface area contributed by atoms with E-state index in [2.05, 4.69) is 84.5 Å². The fraction of sp³-hybridized carbons (Fsp3) is 0.368. The molecule has 0 fully saturated rings. The molecule has 0 aliphatic heterocycles. The first kappa shape index (κ1) is 16.3. The van der Waals surface area contributed by atoms with Crippen molar-refractivity contribution in [3.63, 3.8) is 0 Å². The lowest BCUT2D eigenvalue weighted by Crippen LogP contribution is -2.18. The van der Waals surface area contributed by atoms with Crippen molar-refractivity contribution >= 4 is 15.9 Å². The van der Waals surface area contributed by atoms with Crippen molar-refractivity contribution in [2.45, 2.75) is 33.2 Å². The molecule has 0 amide bonds. The van der Waals surface area contributed by atoms with Crippen LogP contribution in [-0.4, -0.2) is 7.05 Å². The molecule has 0 aliphatic rings. The second-order valence-electron chi connectivity index (χ2n) is 6.09. The second-order valence-corrected chi connectivity index (χ2v) is 6.94. The van der Waals surface area contributed by atoms with Gasteiger partial charge in [0.1, 0.15) is 0 Å². The van der Waals surface area contributed by atoms with Gasteiger partial charge in [0.25, 0.3) is 0 Å². The quantitative estimate of drug-likeness (QED) is 0.778. The van der Waals surface area contributed by atoms with E-state index < -0.39 is 0 Å². The van der Waals surface area contributed by atoms with Gasteiger partial charge in [-0.1, -0.05) is 66.2 Å². The number of rotatable bonds is 5. The summed E-state index contributed by atoms with van der Waals surface area (Å²) >= 11 is 3.69.